The maximum atomic E-state index is 14.5. The zero-order valence-electron chi connectivity index (χ0n) is 22.6. The number of imidazole rings is 1. The summed E-state index contributed by atoms with van der Waals surface area (Å²) in [5.41, 5.74) is 3.59. The van der Waals surface area contributed by atoms with Crippen LogP contribution in [0, 0.1) is 18.6 Å². The first-order valence-corrected chi connectivity index (χ1v) is 12.4. The highest BCUT2D eigenvalue weighted by molar-refractivity contribution is 5.93. The van der Waals surface area contributed by atoms with Crippen molar-refractivity contribution in [1.82, 2.24) is 9.38 Å². The minimum atomic E-state index is -1.12. The Kier molecular flexibility index (Phi) is 8.01. The number of rotatable bonds is 8. The Bertz CT molecular complexity index is 1520. The monoisotopic (exact) mass is 535 g/mol. The van der Waals surface area contributed by atoms with Gasteiger partial charge in [0.05, 0.1) is 36.9 Å². The molecule has 0 bridgehead atoms. The maximum absolute atomic E-state index is 14.5. The van der Waals surface area contributed by atoms with E-state index in [1.165, 1.54) is 24.1 Å². The third-order valence-corrected chi connectivity index (χ3v) is 5.91. The first-order valence-electron chi connectivity index (χ1n) is 12.4. The fourth-order valence-corrected chi connectivity index (χ4v) is 4.08. The summed E-state index contributed by atoms with van der Waals surface area (Å²) in [5.74, 6) is -2.30. The van der Waals surface area contributed by atoms with Gasteiger partial charge in [0, 0.05) is 18.7 Å². The largest absolute Gasteiger partial charge is 0.453 e. The van der Waals surface area contributed by atoms with Crippen LogP contribution in [0.4, 0.5) is 19.3 Å². The molecule has 4 rings (SSSR count). The fourth-order valence-electron chi connectivity index (χ4n) is 4.08. The lowest BCUT2D eigenvalue weighted by atomic mass is 10.0. The highest BCUT2D eigenvalue weighted by Crippen LogP contribution is 2.35. The lowest BCUT2D eigenvalue weighted by Crippen LogP contribution is -2.39. The van der Waals surface area contributed by atoms with E-state index in [9.17, 15) is 13.6 Å². The van der Waals surface area contributed by atoms with Crippen LogP contribution in [-0.2, 0) is 9.47 Å². The summed E-state index contributed by atoms with van der Waals surface area (Å²) >= 11 is 0. The van der Waals surface area contributed by atoms with E-state index in [1.807, 2.05) is 25.1 Å². The van der Waals surface area contributed by atoms with Crippen LogP contribution in [0.15, 0.2) is 61.4 Å². The van der Waals surface area contributed by atoms with Gasteiger partial charge in [-0.25, -0.2) is 14.2 Å². The quantitative estimate of drug-likeness (QED) is 0.235. The highest BCUT2D eigenvalue weighted by Gasteiger charge is 2.27. The summed E-state index contributed by atoms with van der Waals surface area (Å²) in [4.78, 5) is 19.3. The van der Waals surface area contributed by atoms with E-state index in [0.717, 1.165) is 22.8 Å². The molecule has 39 heavy (non-hydrogen) atoms. The SMILES string of the molecule is C=Cc1ccc(-c2cnc3c(N(CCOC)C(=O)OC(C)(C)C)cc(Oc4cccc(F)c4F)cn23)cc1C. The molecule has 0 aliphatic carbocycles. The highest BCUT2D eigenvalue weighted by atomic mass is 19.2. The van der Waals surface area contributed by atoms with Crippen LogP contribution < -0.4 is 9.64 Å². The number of carbonyl (C=O) groups excluding carboxylic acids is 1. The molecule has 0 saturated heterocycles. The van der Waals surface area contributed by atoms with Crippen LogP contribution in [0.3, 0.4) is 0 Å². The Morgan fingerprint density at radius 1 is 1.18 bits per heavy atom. The van der Waals surface area contributed by atoms with Crippen LogP contribution in [0.2, 0.25) is 0 Å². The van der Waals surface area contributed by atoms with Gasteiger partial charge >= 0.3 is 6.09 Å². The van der Waals surface area contributed by atoms with Crippen molar-refractivity contribution in [3.8, 4) is 22.8 Å². The minimum Gasteiger partial charge on any atom is -0.453 e. The van der Waals surface area contributed by atoms with E-state index in [1.54, 1.807) is 49.7 Å². The molecule has 0 fully saturated rings. The van der Waals surface area contributed by atoms with E-state index in [0.29, 0.717) is 17.0 Å². The van der Waals surface area contributed by atoms with Crippen molar-refractivity contribution in [2.24, 2.45) is 0 Å². The lowest BCUT2D eigenvalue weighted by Gasteiger charge is -2.28. The molecule has 0 aliphatic rings. The second-order valence-electron chi connectivity index (χ2n) is 9.95. The first-order chi connectivity index (χ1) is 18.5. The zero-order chi connectivity index (χ0) is 28.3. The fraction of sp³-hybridized carbons (Fsp3) is 0.267. The third kappa shape index (κ3) is 6.09. The number of ether oxygens (including phenoxy) is 3. The van der Waals surface area contributed by atoms with Gasteiger partial charge in [-0.1, -0.05) is 30.9 Å². The molecule has 1 amide bonds. The van der Waals surface area contributed by atoms with Gasteiger partial charge in [-0.3, -0.25) is 9.30 Å². The number of carbonyl (C=O) groups is 1. The number of amides is 1. The summed E-state index contributed by atoms with van der Waals surface area (Å²) in [5, 5.41) is 0. The standard InChI is InChI=1S/C30H31F2N3O4/c1-7-20-11-12-21(15-19(20)2)25-17-33-28-24(34(13-14-37-6)29(36)39-30(3,4)5)16-22(18-35(25)28)38-26-10-8-9-23(31)27(26)32/h7-12,15-18H,1,13-14H2,2-6H3. The number of nitrogens with zero attached hydrogens (tertiary/aromatic N) is 3. The Labute approximate surface area is 226 Å². The average Bonchev–Trinajstić information content (AvgIpc) is 3.30. The second kappa shape index (κ2) is 11.2. The van der Waals surface area contributed by atoms with E-state index in [2.05, 4.69) is 11.6 Å². The van der Waals surface area contributed by atoms with Gasteiger partial charge in [0.2, 0.25) is 5.82 Å². The van der Waals surface area contributed by atoms with Crippen molar-refractivity contribution in [3.63, 3.8) is 0 Å². The number of benzene rings is 2. The molecule has 7 nitrogen and oxygen atoms in total. The molecule has 2 heterocycles. The molecular formula is C30H31F2N3O4. The summed E-state index contributed by atoms with van der Waals surface area (Å²) in [6.07, 6.45) is 4.45. The maximum Gasteiger partial charge on any atom is 0.415 e. The number of hydrogen-bond acceptors (Lipinski definition) is 5. The molecule has 0 spiro atoms. The van der Waals surface area contributed by atoms with Crippen molar-refractivity contribution < 1.29 is 27.8 Å². The summed E-state index contributed by atoms with van der Waals surface area (Å²) in [6.45, 7) is 11.5. The molecule has 2 aromatic carbocycles. The molecule has 4 aromatic rings. The Hall–Kier alpha value is -4.24. The Morgan fingerprint density at radius 2 is 1.95 bits per heavy atom. The van der Waals surface area contributed by atoms with Gasteiger partial charge in [0.15, 0.2) is 17.2 Å². The number of hydrogen-bond donors (Lipinski definition) is 0. The minimum absolute atomic E-state index is 0.147. The number of methoxy groups -OCH3 is 1. The molecule has 9 heteroatoms. The number of anilines is 1. The predicted molar refractivity (Wildman–Crippen MR) is 147 cm³/mol. The summed E-state index contributed by atoms with van der Waals surface area (Å²) < 4.78 is 46.9. The zero-order valence-corrected chi connectivity index (χ0v) is 22.6. The molecule has 2 aromatic heterocycles. The molecule has 0 atom stereocenters. The van der Waals surface area contributed by atoms with E-state index in [-0.39, 0.29) is 24.7 Å². The number of halogens is 2. The van der Waals surface area contributed by atoms with Crippen molar-refractivity contribution in [2.45, 2.75) is 33.3 Å². The van der Waals surface area contributed by atoms with Crippen LogP contribution in [0.5, 0.6) is 11.5 Å². The first kappa shape index (κ1) is 27.8. The molecule has 0 N–H and O–H groups in total. The van der Waals surface area contributed by atoms with Gasteiger partial charge in [-0.2, -0.15) is 4.39 Å². The van der Waals surface area contributed by atoms with Crippen LogP contribution >= 0.6 is 0 Å². The van der Waals surface area contributed by atoms with E-state index < -0.39 is 23.3 Å². The smallest absolute Gasteiger partial charge is 0.415 e. The van der Waals surface area contributed by atoms with Crippen molar-refractivity contribution >= 4 is 23.5 Å². The van der Waals surface area contributed by atoms with Crippen LogP contribution in [-0.4, -0.2) is 41.3 Å². The molecular weight excluding hydrogens is 504 g/mol. The summed E-state index contributed by atoms with van der Waals surface area (Å²) in [7, 11) is 1.53. The van der Waals surface area contributed by atoms with Gasteiger partial charge in [0.25, 0.3) is 0 Å². The molecule has 0 aliphatic heterocycles. The average molecular weight is 536 g/mol. The Balaban J connectivity index is 1.92. The number of fused-ring (bicyclic) bond motifs is 1. The second-order valence-corrected chi connectivity index (χ2v) is 9.95. The van der Waals surface area contributed by atoms with Gasteiger partial charge < -0.3 is 14.2 Å². The third-order valence-electron chi connectivity index (χ3n) is 5.91. The predicted octanol–water partition coefficient (Wildman–Crippen LogP) is 7.41. The molecule has 0 saturated carbocycles. The molecule has 0 unspecified atom stereocenters. The van der Waals surface area contributed by atoms with Crippen molar-refractivity contribution in [1.29, 1.82) is 0 Å². The van der Waals surface area contributed by atoms with E-state index in [4.69, 9.17) is 14.2 Å². The molecule has 204 valence electrons. The van der Waals surface area contributed by atoms with Crippen LogP contribution in [0.1, 0.15) is 31.9 Å². The van der Waals surface area contributed by atoms with Gasteiger partial charge in [-0.05, 0) is 57.0 Å². The van der Waals surface area contributed by atoms with Crippen molar-refractivity contribution in [2.75, 3.05) is 25.2 Å². The number of aromatic nitrogens is 2. The van der Waals surface area contributed by atoms with Crippen LogP contribution in [0.25, 0.3) is 23.0 Å². The number of pyridine rings is 1. The molecule has 0 radical (unpaired) electrons. The van der Waals surface area contributed by atoms with Gasteiger partial charge in [0.1, 0.15) is 11.4 Å². The Morgan fingerprint density at radius 3 is 2.62 bits per heavy atom. The van der Waals surface area contributed by atoms with Gasteiger partial charge in [-0.15, -0.1) is 0 Å². The van der Waals surface area contributed by atoms with Crippen molar-refractivity contribution in [3.05, 3.63) is 84.2 Å². The topological polar surface area (TPSA) is 65.3 Å². The normalized spacial score (nSPS) is 11.5. The van der Waals surface area contributed by atoms with E-state index >= 15 is 0 Å². The summed E-state index contributed by atoms with van der Waals surface area (Å²) in [6, 6.07) is 11.1. The lowest BCUT2D eigenvalue weighted by molar-refractivity contribution is 0.0569. The number of aryl methyl sites for hydroxylation is 1.